The topological polar surface area (TPSA) is 365 Å². The Kier molecular flexibility index (Phi) is 30.4. The number of carbonyl (C=O) groups is 5. The Morgan fingerprint density at radius 3 is 1.95 bits per heavy atom. The van der Waals surface area contributed by atoms with E-state index < -0.39 is 64.9 Å². The van der Waals surface area contributed by atoms with Crippen LogP contribution in [0.15, 0.2) is 76.6 Å². The maximum atomic E-state index is 15.5. The molecule has 3 aromatic carbocycles. The van der Waals surface area contributed by atoms with Gasteiger partial charge in [0.2, 0.25) is 17.7 Å². The van der Waals surface area contributed by atoms with Crippen LogP contribution in [-0.2, 0) is 109 Å². The number of aryl methyl sites for hydroxylation is 1. The first-order valence-electron chi connectivity index (χ1n) is 32.9. The Morgan fingerprint density at radius 1 is 0.763 bits per heavy atom. The fourth-order valence-corrected chi connectivity index (χ4v) is 11.5. The predicted molar refractivity (Wildman–Crippen MR) is 352 cm³/mol. The van der Waals surface area contributed by atoms with Crippen molar-refractivity contribution in [2.75, 3.05) is 137 Å². The third-order valence-corrected chi connectivity index (χ3v) is 16.6. The van der Waals surface area contributed by atoms with E-state index in [1.165, 1.54) is 10.6 Å². The summed E-state index contributed by atoms with van der Waals surface area (Å²) < 4.78 is 77.4. The number of anilines is 1. The van der Waals surface area contributed by atoms with Crippen LogP contribution < -0.4 is 32.6 Å². The Bertz CT molecular complexity index is 3520. The number of ether oxygens (including phenoxy) is 11. The van der Waals surface area contributed by atoms with Crippen molar-refractivity contribution in [3.8, 4) is 11.4 Å². The van der Waals surface area contributed by atoms with E-state index in [0.29, 0.717) is 188 Å². The summed E-state index contributed by atoms with van der Waals surface area (Å²) in [5, 5.41) is 27.1. The molecular weight excluding hydrogens is 1260 g/mol. The lowest BCUT2D eigenvalue weighted by atomic mass is 9.81. The Labute approximate surface area is 561 Å². The van der Waals surface area contributed by atoms with Crippen molar-refractivity contribution in [3.63, 3.8) is 0 Å². The lowest BCUT2D eigenvalue weighted by Crippen LogP contribution is -2.53. The minimum absolute atomic E-state index is 0.0334. The quantitative estimate of drug-likeness (QED) is 0.00894. The van der Waals surface area contributed by atoms with Gasteiger partial charge in [0, 0.05) is 52.6 Å². The van der Waals surface area contributed by atoms with Crippen molar-refractivity contribution in [3.05, 3.63) is 138 Å². The molecule has 8 rings (SSSR count). The minimum Gasteiger partial charge on any atom is -0.458 e. The highest BCUT2D eigenvalue weighted by molar-refractivity contribution is 5.99. The number of nitrogens with one attached hydrogen (secondary N) is 4. The standard InChI is InChI=1S/C68H89FN10O18/c1-3-68(86)52-40-58-62-50(42-79(58)65(83)51(52)44-96-66(68)84)61-54(17-16-49-45(2)53(69)41-56(75-62)60(49)61)77-67(85)97-43-47-12-14-48(15-13-47)73-63(81)55(11-7-8-19-70)76-64(82)57(39-46-9-5-4-6-10-46)74-59(80)18-21-87-23-25-89-27-29-91-31-33-93-35-37-95-38-36-94-34-32-92-30-28-90-26-24-88-22-20-72-78-71/h4-6,9-10,12-15,40-41,54-55,57,86H,3,7-8,11,16-39,42-44,70H2,1-2H3,(H,73,81)(H,74,80)(H,76,82)(H,77,85)/t54-,55-,57-,68-/m0/s1. The number of pyridine rings is 2. The zero-order chi connectivity index (χ0) is 68.8. The molecule has 4 amide bonds. The van der Waals surface area contributed by atoms with Crippen LogP contribution in [0.4, 0.5) is 14.9 Å². The number of alkyl carbamates (subject to hydrolysis) is 1. The number of hydrogen-bond donors (Lipinski definition) is 6. The molecule has 0 unspecified atom stereocenters. The highest BCUT2D eigenvalue weighted by atomic mass is 19.1. The average molecular weight is 1350 g/mol. The number of amides is 4. The number of fused-ring (bicyclic) bond motifs is 5. The zero-order valence-electron chi connectivity index (χ0n) is 55.1. The van der Waals surface area contributed by atoms with Gasteiger partial charge in [-0.05, 0) is 104 Å². The van der Waals surface area contributed by atoms with Crippen molar-refractivity contribution in [2.45, 2.75) is 109 Å². The van der Waals surface area contributed by atoms with E-state index in [1.807, 2.05) is 30.3 Å². The molecule has 0 bridgehead atoms. The molecular formula is C68H89FN10O18. The summed E-state index contributed by atoms with van der Waals surface area (Å²) >= 11 is 0. The van der Waals surface area contributed by atoms with Crippen LogP contribution in [0.5, 0.6) is 0 Å². The number of azide groups is 1. The van der Waals surface area contributed by atoms with Gasteiger partial charge in [-0.15, -0.1) is 0 Å². The number of rotatable bonds is 45. The second-order valence-corrected chi connectivity index (χ2v) is 23.2. The molecule has 4 atom stereocenters. The molecule has 3 aliphatic rings. The lowest BCUT2D eigenvalue weighted by Gasteiger charge is -2.31. The Hall–Kier alpha value is -8.03. The van der Waals surface area contributed by atoms with Crippen molar-refractivity contribution in [2.24, 2.45) is 10.8 Å². The number of aliphatic hydroxyl groups is 1. The number of cyclic esters (lactones) is 1. The number of benzene rings is 3. The number of aromatic nitrogens is 2. The van der Waals surface area contributed by atoms with Crippen LogP contribution in [0.3, 0.4) is 0 Å². The molecule has 4 heterocycles. The van der Waals surface area contributed by atoms with Crippen LogP contribution in [0, 0.1) is 12.7 Å². The van der Waals surface area contributed by atoms with Gasteiger partial charge in [0.1, 0.15) is 31.1 Å². The molecule has 1 aliphatic carbocycles. The van der Waals surface area contributed by atoms with E-state index in [2.05, 4.69) is 31.3 Å². The number of esters is 1. The molecule has 2 aromatic heterocycles. The highest BCUT2D eigenvalue weighted by Crippen LogP contribution is 2.46. The number of unbranched alkanes of at least 4 members (excludes halogenated alkanes) is 1. The summed E-state index contributed by atoms with van der Waals surface area (Å²) in [6.45, 7) is 10.4. The molecule has 526 valence electrons. The molecule has 29 heteroatoms. The van der Waals surface area contributed by atoms with E-state index in [4.69, 9.17) is 68.4 Å². The maximum Gasteiger partial charge on any atom is 0.407 e. The van der Waals surface area contributed by atoms with E-state index in [-0.39, 0.29) is 76.4 Å². The first-order chi connectivity index (χ1) is 47.2. The molecule has 0 saturated carbocycles. The smallest absolute Gasteiger partial charge is 0.407 e. The van der Waals surface area contributed by atoms with Gasteiger partial charge < -0.3 is 88.8 Å². The van der Waals surface area contributed by atoms with Crippen LogP contribution in [0.25, 0.3) is 32.7 Å². The summed E-state index contributed by atoms with van der Waals surface area (Å²) in [4.78, 5) is 89.6. The van der Waals surface area contributed by atoms with Crippen molar-refractivity contribution in [1.82, 2.24) is 25.5 Å². The van der Waals surface area contributed by atoms with Gasteiger partial charge in [0.25, 0.3) is 5.56 Å². The number of nitrogens with zero attached hydrogens (tertiary/aromatic N) is 5. The summed E-state index contributed by atoms with van der Waals surface area (Å²) in [5.41, 5.74) is 17.2. The third-order valence-electron chi connectivity index (χ3n) is 16.6. The van der Waals surface area contributed by atoms with Gasteiger partial charge in [-0.3, -0.25) is 19.2 Å². The minimum atomic E-state index is -2.04. The summed E-state index contributed by atoms with van der Waals surface area (Å²) in [6, 6.07) is 16.1. The third kappa shape index (κ3) is 21.7. The molecule has 0 radical (unpaired) electrons. The average Bonchev–Trinajstić information content (AvgIpc) is 1.61. The van der Waals surface area contributed by atoms with Crippen molar-refractivity contribution in [1.29, 1.82) is 0 Å². The molecule has 0 spiro atoms. The molecule has 28 nitrogen and oxygen atoms in total. The molecule has 0 saturated heterocycles. The maximum absolute atomic E-state index is 15.5. The summed E-state index contributed by atoms with van der Waals surface area (Å²) in [6.07, 6.45) is 1.54. The second-order valence-electron chi connectivity index (χ2n) is 23.2. The van der Waals surface area contributed by atoms with E-state index in [9.17, 15) is 33.9 Å². The summed E-state index contributed by atoms with van der Waals surface area (Å²) in [5.74, 6) is -2.77. The van der Waals surface area contributed by atoms with Gasteiger partial charge in [-0.1, -0.05) is 54.5 Å². The van der Waals surface area contributed by atoms with Gasteiger partial charge in [0.15, 0.2) is 5.60 Å². The molecule has 0 fully saturated rings. The second kappa shape index (κ2) is 39.4. The lowest BCUT2D eigenvalue weighted by molar-refractivity contribution is -0.172. The van der Waals surface area contributed by atoms with E-state index >= 15 is 4.39 Å². The SMILES string of the molecule is CC[C@@]1(O)C(=O)OCc2c1cc1n(c2=O)Cc2c-1nc1cc(F)c(C)c3c1c2[C@@H](NC(=O)OCc1ccc(NC(=O)[C@H](CCCCN)NC(=O)[C@H](Cc2ccccc2)NC(=O)CCOCCOCCOCCOCCOCCOCCOCCOCCOCCN=[N+]=[N-])cc1)CC3. The summed E-state index contributed by atoms with van der Waals surface area (Å²) in [7, 11) is 0. The van der Waals surface area contributed by atoms with Gasteiger partial charge >= 0.3 is 12.1 Å². The Balaban J connectivity index is 0.727. The number of halogens is 1. The highest BCUT2D eigenvalue weighted by Gasteiger charge is 2.46. The van der Waals surface area contributed by atoms with Crippen LogP contribution >= 0.6 is 0 Å². The first kappa shape index (κ1) is 74.8. The van der Waals surface area contributed by atoms with E-state index in [1.54, 1.807) is 44.2 Å². The Morgan fingerprint density at radius 2 is 1.36 bits per heavy atom. The van der Waals surface area contributed by atoms with Gasteiger partial charge in [-0.2, -0.15) is 0 Å². The number of nitrogens with two attached hydrogens (primary N) is 1. The number of carbonyl (C=O) groups excluding carboxylic acids is 5. The fourth-order valence-electron chi connectivity index (χ4n) is 11.5. The zero-order valence-corrected chi connectivity index (χ0v) is 55.1. The fraction of sp³-hybridized carbons (Fsp3) is 0.544. The van der Waals surface area contributed by atoms with Crippen LogP contribution in [0.2, 0.25) is 0 Å². The largest absolute Gasteiger partial charge is 0.458 e. The van der Waals surface area contributed by atoms with Crippen LogP contribution in [-0.4, -0.2) is 189 Å². The predicted octanol–water partition coefficient (Wildman–Crippen LogP) is 5.57. The molecule has 5 aromatic rings. The van der Waals surface area contributed by atoms with Gasteiger partial charge in [-0.25, -0.2) is 19.0 Å². The monoisotopic (exact) mass is 1350 g/mol. The van der Waals surface area contributed by atoms with E-state index in [0.717, 1.165) is 11.1 Å². The van der Waals surface area contributed by atoms with Crippen LogP contribution in [0.1, 0.15) is 96.0 Å². The molecule has 2 aliphatic heterocycles. The van der Waals surface area contributed by atoms with Gasteiger partial charge in [0.05, 0.1) is 154 Å². The normalized spacial score (nSPS) is 15.7. The molecule has 7 N–H and O–H groups in total. The van der Waals surface area contributed by atoms with Crippen molar-refractivity contribution >= 4 is 46.4 Å². The molecule has 97 heavy (non-hydrogen) atoms. The first-order valence-corrected chi connectivity index (χ1v) is 32.9. The van der Waals surface area contributed by atoms with Crippen molar-refractivity contribution < 1.29 is 85.6 Å². The number of hydrogen-bond acceptors (Lipinski definition) is 21.